The molecule has 3 aromatic rings. The molecule has 0 amide bonds. The van der Waals surface area contributed by atoms with Gasteiger partial charge in [0.05, 0.1) is 6.26 Å². The first-order valence-electron chi connectivity index (χ1n) is 7.22. The van der Waals surface area contributed by atoms with Crippen molar-refractivity contribution in [1.82, 2.24) is 5.32 Å². The van der Waals surface area contributed by atoms with E-state index in [1.807, 2.05) is 36.6 Å². The van der Waals surface area contributed by atoms with Gasteiger partial charge in [-0.05, 0) is 36.7 Å². The van der Waals surface area contributed by atoms with E-state index in [1.165, 1.54) is 12.1 Å². The summed E-state index contributed by atoms with van der Waals surface area (Å²) in [6.45, 7) is 2.95. The summed E-state index contributed by atoms with van der Waals surface area (Å²) in [5.74, 6) is -0.201. The van der Waals surface area contributed by atoms with E-state index in [9.17, 15) is 4.39 Å². The van der Waals surface area contributed by atoms with Crippen LogP contribution in [0.3, 0.4) is 0 Å². The molecule has 2 aromatic carbocycles. The average molecular weight is 283 g/mol. The summed E-state index contributed by atoms with van der Waals surface area (Å²) < 4.78 is 18.7. The summed E-state index contributed by atoms with van der Waals surface area (Å²) >= 11 is 0. The molecule has 1 unspecified atom stereocenters. The summed E-state index contributed by atoms with van der Waals surface area (Å²) in [5, 5.41) is 4.62. The van der Waals surface area contributed by atoms with Crippen molar-refractivity contribution in [1.29, 1.82) is 0 Å². The highest BCUT2D eigenvalue weighted by Crippen LogP contribution is 2.28. The van der Waals surface area contributed by atoms with Gasteiger partial charge in [-0.15, -0.1) is 0 Å². The molecular formula is C18H18FNO. The minimum absolute atomic E-state index is 0.157. The van der Waals surface area contributed by atoms with Gasteiger partial charge in [0.15, 0.2) is 0 Å². The van der Waals surface area contributed by atoms with Gasteiger partial charge in [-0.3, -0.25) is 0 Å². The van der Waals surface area contributed by atoms with Crippen LogP contribution in [0, 0.1) is 5.82 Å². The molecule has 0 radical (unpaired) electrons. The Bertz CT molecular complexity index is 717. The number of para-hydroxylation sites is 1. The van der Waals surface area contributed by atoms with Crippen molar-refractivity contribution in [3.05, 3.63) is 71.7 Å². The normalized spacial score (nSPS) is 12.7. The largest absolute Gasteiger partial charge is 0.464 e. The number of likely N-dealkylation sites (N-methyl/N-ethyl adjacent to an activating group) is 1. The predicted molar refractivity (Wildman–Crippen MR) is 82.7 cm³/mol. The lowest BCUT2D eigenvalue weighted by Crippen LogP contribution is -2.22. The van der Waals surface area contributed by atoms with Crippen LogP contribution in [-0.4, -0.2) is 6.54 Å². The molecule has 1 heterocycles. The third-order valence-electron chi connectivity index (χ3n) is 3.69. The molecule has 0 fully saturated rings. The van der Waals surface area contributed by atoms with Gasteiger partial charge in [-0.1, -0.05) is 37.3 Å². The number of nitrogens with one attached hydrogen (secondary N) is 1. The third-order valence-corrected chi connectivity index (χ3v) is 3.69. The van der Waals surface area contributed by atoms with Crippen LogP contribution in [0.5, 0.6) is 0 Å². The van der Waals surface area contributed by atoms with E-state index >= 15 is 0 Å². The molecule has 0 saturated heterocycles. The summed E-state index contributed by atoms with van der Waals surface area (Å²) in [7, 11) is 0. The zero-order valence-corrected chi connectivity index (χ0v) is 12.0. The van der Waals surface area contributed by atoms with E-state index in [2.05, 4.69) is 18.3 Å². The van der Waals surface area contributed by atoms with Crippen LogP contribution in [0.15, 0.2) is 59.2 Å². The Morgan fingerprint density at radius 2 is 1.86 bits per heavy atom. The molecule has 3 rings (SSSR count). The van der Waals surface area contributed by atoms with Gasteiger partial charge in [0.1, 0.15) is 11.4 Å². The highest BCUT2D eigenvalue weighted by molar-refractivity contribution is 5.81. The van der Waals surface area contributed by atoms with Gasteiger partial charge in [0.2, 0.25) is 0 Å². The van der Waals surface area contributed by atoms with Crippen molar-refractivity contribution in [2.45, 2.75) is 19.4 Å². The number of hydrogen-bond acceptors (Lipinski definition) is 2. The van der Waals surface area contributed by atoms with Gasteiger partial charge >= 0.3 is 0 Å². The first-order valence-corrected chi connectivity index (χ1v) is 7.22. The van der Waals surface area contributed by atoms with E-state index in [-0.39, 0.29) is 11.9 Å². The average Bonchev–Trinajstić information content (AvgIpc) is 2.93. The van der Waals surface area contributed by atoms with Crippen molar-refractivity contribution < 1.29 is 8.81 Å². The van der Waals surface area contributed by atoms with Gasteiger partial charge in [0.25, 0.3) is 0 Å². The van der Waals surface area contributed by atoms with Crippen LogP contribution >= 0.6 is 0 Å². The fourth-order valence-corrected chi connectivity index (χ4v) is 2.66. The Morgan fingerprint density at radius 3 is 2.62 bits per heavy atom. The van der Waals surface area contributed by atoms with Crippen LogP contribution < -0.4 is 5.32 Å². The molecule has 21 heavy (non-hydrogen) atoms. The van der Waals surface area contributed by atoms with Crippen LogP contribution in [0.25, 0.3) is 11.0 Å². The molecule has 3 heteroatoms. The fourth-order valence-electron chi connectivity index (χ4n) is 2.66. The fraction of sp³-hybridized carbons (Fsp3) is 0.222. The Kier molecular flexibility index (Phi) is 4.02. The van der Waals surface area contributed by atoms with Crippen LogP contribution in [-0.2, 0) is 6.42 Å². The van der Waals surface area contributed by atoms with Crippen LogP contribution in [0.4, 0.5) is 4.39 Å². The standard InChI is InChI=1S/C18H18FNO/c1-2-20-17(11-13-7-9-14(19)10-8-13)16-12-21-18-6-4-3-5-15(16)18/h3-10,12,17,20H,2,11H2,1H3. The predicted octanol–water partition coefficient (Wildman–Crippen LogP) is 4.47. The van der Waals surface area contributed by atoms with Crippen LogP contribution in [0.1, 0.15) is 24.1 Å². The van der Waals surface area contributed by atoms with E-state index in [0.717, 1.165) is 35.1 Å². The molecule has 0 aliphatic carbocycles. The zero-order chi connectivity index (χ0) is 14.7. The Hall–Kier alpha value is -2.13. The second-order valence-electron chi connectivity index (χ2n) is 5.13. The molecule has 0 bridgehead atoms. The lowest BCUT2D eigenvalue weighted by molar-refractivity contribution is 0.534. The molecule has 1 aromatic heterocycles. The first kappa shape index (κ1) is 13.8. The molecule has 1 atom stereocenters. The number of hydrogen-bond donors (Lipinski definition) is 1. The number of benzene rings is 2. The summed E-state index contributed by atoms with van der Waals surface area (Å²) in [4.78, 5) is 0. The molecule has 0 aliphatic heterocycles. The van der Waals surface area contributed by atoms with E-state index in [4.69, 9.17) is 4.42 Å². The molecule has 108 valence electrons. The Balaban J connectivity index is 1.92. The van der Waals surface area contributed by atoms with Crippen molar-refractivity contribution in [3.63, 3.8) is 0 Å². The molecule has 1 N–H and O–H groups in total. The van der Waals surface area contributed by atoms with Gasteiger partial charge in [0, 0.05) is 17.0 Å². The highest BCUT2D eigenvalue weighted by atomic mass is 19.1. The van der Waals surface area contributed by atoms with Crippen molar-refractivity contribution >= 4 is 11.0 Å². The molecular weight excluding hydrogens is 265 g/mol. The molecule has 0 aliphatic rings. The Morgan fingerprint density at radius 1 is 1.10 bits per heavy atom. The first-order chi connectivity index (χ1) is 10.3. The number of halogens is 1. The second kappa shape index (κ2) is 6.10. The molecule has 0 spiro atoms. The van der Waals surface area contributed by atoms with Crippen molar-refractivity contribution in [3.8, 4) is 0 Å². The van der Waals surface area contributed by atoms with E-state index < -0.39 is 0 Å². The number of rotatable bonds is 5. The highest BCUT2D eigenvalue weighted by Gasteiger charge is 2.16. The molecule has 0 saturated carbocycles. The van der Waals surface area contributed by atoms with Crippen LogP contribution in [0.2, 0.25) is 0 Å². The minimum atomic E-state index is -0.201. The summed E-state index contributed by atoms with van der Waals surface area (Å²) in [6, 6.07) is 14.9. The van der Waals surface area contributed by atoms with Crippen molar-refractivity contribution in [2.24, 2.45) is 0 Å². The van der Waals surface area contributed by atoms with E-state index in [1.54, 1.807) is 0 Å². The quantitative estimate of drug-likeness (QED) is 0.747. The number of fused-ring (bicyclic) bond motifs is 1. The third kappa shape index (κ3) is 2.98. The van der Waals surface area contributed by atoms with E-state index in [0.29, 0.717) is 0 Å². The summed E-state index contributed by atoms with van der Waals surface area (Å²) in [5.41, 5.74) is 3.15. The molecule has 2 nitrogen and oxygen atoms in total. The smallest absolute Gasteiger partial charge is 0.134 e. The maximum atomic E-state index is 13.0. The maximum absolute atomic E-state index is 13.0. The minimum Gasteiger partial charge on any atom is -0.464 e. The van der Waals surface area contributed by atoms with Gasteiger partial charge in [-0.25, -0.2) is 4.39 Å². The van der Waals surface area contributed by atoms with Gasteiger partial charge in [-0.2, -0.15) is 0 Å². The number of furan rings is 1. The SMILES string of the molecule is CCNC(Cc1ccc(F)cc1)c1coc2ccccc12. The zero-order valence-electron chi connectivity index (χ0n) is 12.0. The second-order valence-corrected chi connectivity index (χ2v) is 5.13. The topological polar surface area (TPSA) is 25.2 Å². The summed E-state index contributed by atoms with van der Waals surface area (Å²) in [6.07, 6.45) is 2.62. The lowest BCUT2D eigenvalue weighted by atomic mass is 9.98. The Labute approximate surface area is 123 Å². The lowest BCUT2D eigenvalue weighted by Gasteiger charge is -2.17. The monoisotopic (exact) mass is 283 g/mol. The van der Waals surface area contributed by atoms with Crippen molar-refractivity contribution in [2.75, 3.05) is 6.54 Å². The van der Waals surface area contributed by atoms with Gasteiger partial charge < -0.3 is 9.73 Å². The maximum Gasteiger partial charge on any atom is 0.134 e.